The lowest BCUT2D eigenvalue weighted by atomic mass is 10.2. The van der Waals surface area contributed by atoms with E-state index in [9.17, 15) is 9.59 Å². The molecule has 1 aromatic rings. The van der Waals surface area contributed by atoms with Gasteiger partial charge in [-0.2, -0.15) is 0 Å². The van der Waals surface area contributed by atoms with Crippen LogP contribution in [-0.4, -0.2) is 32.1 Å². The van der Waals surface area contributed by atoms with E-state index in [4.69, 9.17) is 10.2 Å². The summed E-state index contributed by atoms with van der Waals surface area (Å²) in [4.78, 5) is 27.9. The third-order valence-electron chi connectivity index (χ3n) is 1.49. The fraction of sp³-hybridized carbons (Fsp3) is 0.143. The minimum absolute atomic E-state index is 0.0579. The minimum Gasteiger partial charge on any atom is -0.477 e. The van der Waals surface area contributed by atoms with Gasteiger partial charge in [0, 0.05) is 5.56 Å². The van der Waals surface area contributed by atoms with E-state index < -0.39 is 11.9 Å². The van der Waals surface area contributed by atoms with Crippen molar-refractivity contribution in [3.63, 3.8) is 0 Å². The molecular formula is C7H6N2O4. The van der Waals surface area contributed by atoms with E-state index in [0.29, 0.717) is 0 Å². The molecule has 13 heavy (non-hydrogen) atoms. The van der Waals surface area contributed by atoms with Crippen LogP contribution in [0.2, 0.25) is 0 Å². The normalized spacial score (nSPS) is 9.62. The quantitative estimate of drug-likeness (QED) is 0.676. The maximum absolute atomic E-state index is 10.5. The molecule has 1 aromatic heterocycles. The molecule has 0 fully saturated rings. The van der Waals surface area contributed by atoms with Crippen molar-refractivity contribution in [2.24, 2.45) is 0 Å². The molecule has 0 amide bonds. The maximum atomic E-state index is 10.5. The number of aromatic carboxylic acids is 2. The lowest BCUT2D eigenvalue weighted by molar-refractivity contribution is 0.0687. The summed E-state index contributed by atoms with van der Waals surface area (Å²) in [7, 11) is 0. The SMILES string of the molecule is Cc1c(C(=O)O)ncnc1C(=O)O. The second-order valence-electron chi connectivity index (χ2n) is 2.31. The number of rotatable bonds is 2. The third kappa shape index (κ3) is 1.61. The molecular weight excluding hydrogens is 176 g/mol. The highest BCUT2D eigenvalue weighted by atomic mass is 16.4. The molecule has 0 aliphatic carbocycles. The van der Waals surface area contributed by atoms with E-state index in [2.05, 4.69) is 9.97 Å². The molecule has 0 atom stereocenters. The lowest BCUT2D eigenvalue weighted by Crippen LogP contribution is -2.11. The molecule has 0 unspecified atom stereocenters. The predicted octanol–water partition coefficient (Wildman–Crippen LogP) is 0.181. The number of hydrogen-bond donors (Lipinski definition) is 2. The van der Waals surface area contributed by atoms with Crippen molar-refractivity contribution in [2.75, 3.05) is 0 Å². The summed E-state index contributed by atoms with van der Waals surface area (Å²) < 4.78 is 0. The predicted molar refractivity (Wildman–Crippen MR) is 40.7 cm³/mol. The molecule has 6 nitrogen and oxygen atoms in total. The topological polar surface area (TPSA) is 100 Å². The Labute approximate surface area is 72.9 Å². The number of hydrogen-bond acceptors (Lipinski definition) is 4. The second kappa shape index (κ2) is 3.18. The van der Waals surface area contributed by atoms with Gasteiger partial charge in [-0.05, 0) is 6.92 Å². The van der Waals surface area contributed by atoms with Gasteiger partial charge in [-0.1, -0.05) is 0 Å². The highest BCUT2D eigenvalue weighted by Gasteiger charge is 2.16. The number of carboxylic acids is 2. The molecule has 0 spiro atoms. The van der Waals surface area contributed by atoms with Crippen LogP contribution in [0.1, 0.15) is 26.5 Å². The number of carbonyl (C=O) groups is 2. The minimum atomic E-state index is -1.26. The van der Waals surface area contributed by atoms with Gasteiger partial charge < -0.3 is 10.2 Å². The summed E-state index contributed by atoms with van der Waals surface area (Å²) >= 11 is 0. The average Bonchev–Trinajstić information content (AvgIpc) is 2.03. The van der Waals surface area contributed by atoms with Gasteiger partial charge in [0.15, 0.2) is 11.4 Å². The van der Waals surface area contributed by atoms with E-state index in [1.807, 2.05) is 0 Å². The summed E-state index contributed by atoms with van der Waals surface area (Å²) in [6.45, 7) is 1.35. The number of carboxylic acid groups (broad SMARTS) is 2. The van der Waals surface area contributed by atoms with E-state index in [1.54, 1.807) is 0 Å². The van der Waals surface area contributed by atoms with Crippen LogP contribution in [0, 0.1) is 6.92 Å². The van der Waals surface area contributed by atoms with Gasteiger partial charge >= 0.3 is 11.9 Å². The Balaban J connectivity index is 3.35. The first kappa shape index (κ1) is 9.11. The smallest absolute Gasteiger partial charge is 0.354 e. The van der Waals surface area contributed by atoms with Crippen LogP contribution < -0.4 is 0 Å². The van der Waals surface area contributed by atoms with Crippen LogP contribution in [0.4, 0.5) is 0 Å². The molecule has 0 saturated heterocycles. The Morgan fingerprint density at radius 2 is 1.54 bits per heavy atom. The fourth-order valence-electron chi connectivity index (χ4n) is 0.881. The van der Waals surface area contributed by atoms with Gasteiger partial charge in [-0.3, -0.25) is 0 Å². The fourth-order valence-corrected chi connectivity index (χ4v) is 0.881. The first-order valence-electron chi connectivity index (χ1n) is 3.32. The van der Waals surface area contributed by atoms with Crippen molar-refractivity contribution in [1.29, 1.82) is 0 Å². The van der Waals surface area contributed by atoms with Gasteiger partial charge in [0.05, 0.1) is 0 Å². The van der Waals surface area contributed by atoms with Gasteiger partial charge in [-0.15, -0.1) is 0 Å². The Morgan fingerprint density at radius 3 is 1.85 bits per heavy atom. The molecule has 0 aliphatic rings. The van der Waals surface area contributed by atoms with E-state index >= 15 is 0 Å². The summed E-state index contributed by atoms with van der Waals surface area (Å²) in [6, 6.07) is 0. The molecule has 1 rings (SSSR count). The average molecular weight is 182 g/mol. The number of aromatic nitrogens is 2. The van der Waals surface area contributed by atoms with Crippen molar-refractivity contribution in [3.8, 4) is 0 Å². The standard InChI is InChI=1S/C7H6N2O4/c1-3-4(6(10)11)8-2-9-5(3)7(12)13/h2H,1H3,(H,10,11)(H,12,13). The summed E-state index contributed by atoms with van der Waals surface area (Å²) in [5.41, 5.74) is -0.512. The molecule has 1 heterocycles. The summed E-state index contributed by atoms with van der Waals surface area (Å²) in [6.07, 6.45) is 0.917. The zero-order valence-electron chi connectivity index (χ0n) is 6.68. The van der Waals surface area contributed by atoms with Crippen molar-refractivity contribution in [2.45, 2.75) is 6.92 Å². The molecule has 0 saturated carbocycles. The van der Waals surface area contributed by atoms with Gasteiger partial charge in [0.25, 0.3) is 0 Å². The summed E-state index contributed by atoms with van der Waals surface area (Å²) in [5, 5.41) is 17.2. The lowest BCUT2D eigenvalue weighted by Gasteiger charge is -2.01. The third-order valence-corrected chi connectivity index (χ3v) is 1.49. The van der Waals surface area contributed by atoms with E-state index in [1.165, 1.54) is 6.92 Å². The van der Waals surface area contributed by atoms with Crippen molar-refractivity contribution >= 4 is 11.9 Å². The van der Waals surface area contributed by atoms with Crippen LogP contribution >= 0.6 is 0 Å². The highest BCUT2D eigenvalue weighted by Crippen LogP contribution is 2.07. The first-order chi connectivity index (χ1) is 6.04. The van der Waals surface area contributed by atoms with Crippen molar-refractivity contribution in [1.82, 2.24) is 9.97 Å². The van der Waals surface area contributed by atoms with Gasteiger partial charge in [0.1, 0.15) is 6.33 Å². The van der Waals surface area contributed by atoms with Crippen LogP contribution in [0.25, 0.3) is 0 Å². The molecule has 6 heteroatoms. The Bertz CT molecular complexity index is 343. The summed E-state index contributed by atoms with van der Waals surface area (Å²) in [5.74, 6) is -2.52. The molecule has 2 N–H and O–H groups in total. The van der Waals surface area contributed by atoms with E-state index in [-0.39, 0.29) is 17.0 Å². The van der Waals surface area contributed by atoms with Gasteiger partial charge in [0.2, 0.25) is 0 Å². The molecule has 0 aromatic carbocycles. The number of nitrogens with zero attached hydrogens (tertiary/aromatic N) is 2. The molecule has 0 radical (unpaired) electrons. The molecule has 0 bridgehead atoms. The van der Waals surface area contributed by atoms with Crippen molar-refractivity contribution < 1.29 is 19.8 Å². The van der Waals surface area contributed by atoms with E-state index in [0.717, 1.165) is 6.33 Å². The largest absolute Gasteiger partial charge is 0.477 e. The Kier molecular flexibility index (Phi) is 2.23. The zero-order chi connectivity index (χ0) is 10.0. The van der Waals surface area contributed by atoms with Crippen molar-refractivity contribution in [3.05, 3.63) is 23.3 Å². The molecule has 0 aliphatic heterocycles. The van der Waals surface area contributed by atoms with Crippen LogP contribution in [0.3, 0.4) is 0 Å². The second-order valence-corrected chi connectivity index (χ2v) is 2.31. The highest BCUT2D eigenvalue weighted by molar-refractivity contribution is 5.93. The van der Waals surface area contributed by atoms with Crippen LogP contribution in [0.5, 0.6) is 0 Å². The first-order valence-corrected chi connectivity index (χ1v) is 3.32. The van der Waals surface area contributed by atoms with Crippen LogP contribution in [-0.2, 0) is 0 Å². The Hall–Kier alpha value is -1.98. The monoisotopic (exact) mass is 182 g/mol. The molecule has 68 valence electrons. The maximum Gasteiger partial charge on any atom is 0.354 e. The zero-order valence-corrected chi connectivity index (χ0v) is 6.68. The van der Waals surface area contributed by atoms with Gasteiger partial charge in [-0.25, -0.2) is 19.6 Å². The Morgan fingerprint density at radius 1 is 1.15 bits per heavy atom. The van der Waals surface area contributed by atoms with Crippen LogP contribution in [0.15, 0.2) is 6.33 Å².